The fourth-order valence-electron chi connectivity index (χ4n) is 3.49. The molecule has 2 heterocycles. The lowest BCUT2D eigenvalue weighted by Gasteiger charge is -2.30. The van der Waals surface area contributed by atoms with Crippen molar-refractivity contribution >= 4 is 33.9 Å². The van der Waals surface area contributed by atoms with Gasteiger partial charge in [0.2, 0.25) is 0 Å². The number of nitrogens with one attached hydrogen (secondary N) is 1. The molecule has 3 N–H and O–H groups in total. The number of hydrogen-bond acceptors (Lipinski definition) is 7. The molecule has 0 saturated carbocycles. The third-order valence-electron chi connectivity index (χ3n) is 5.03. The van der Waals surface area contributed by atoms with Crippen LogP contribution in [0.1, 0.15) is 16.1 Å². The maximum Gasteiger partial charge on any atom is 0.271 e. The summed E-state index contributed by atoms with van der Waals surface area (Å²) in [7, 11) is 1.58. The number of carbonyl (C=O) groups is 1. The van der Waals surface area contributed by atoms with Crippen LogP contribution < -0.4 is 20.7 Å². The second-order valence-corrected chi connectivity index (χ2v) is 7.04. The zero-order valence-electron chi connectivity index (χ0n) is 16.7. The standard InChI is InChI=1S/C21H22FN5O3/c1-12-3-4-15(14(22)9-12)24-19-13-10-17(27-5-7-30-8-6-27)18(29-2)11-16(13)25-26-20(19)21(23)28/h3-4,9-11H,5-8H2,1-2H3,(H2,23,28)(H,24,25). The molecule has 1 amide bonds. The normalized spacial score (nSPS) is 14.0. The number of ether oxygens (including phenoxy) is 2. The van der Waals surface area contributed by atoms with E-state index >= 15 is 0 Å². The summed E-state index contributed by atoms with van der Waals surface area (Å²) in [4.78, 5) is 14.2. The van der Waals surface area contributed by atoms with Crippen LogP contribution >= 0.6 is 0 Å². The molecule has 1 saturated heterocycles. The SMILES string of the molecule is COc1cc2nnc(C(N)=O)c(Nc3ccc(C)cc3F)c2cc1N1CCOCC1. The second-order valence-electron chi connectivity index (χ2n) is 7.04. The summed E-state index contributed by atoms with van der Waals surface area (Å²) >= 11 is 0. The molecule has 156 valence electrons. The van der Waals surface area contributed by atoms with E-state index in [-0.39, 0.29) is 11.4 Å². The molecular formula is C21H22FN5O3. The third kappa shape index (κ3) is 3.71. The van der Waals surface area contributed by atoms with Crippen LogP contribution in [0, 0.1) is 12.7 Å². The Bertz CT molecular complexity index is 1120. The number of anilines is 3. The zero-order chi connectivity index (χ0) is 21.3. The van der Waals surface area contributed by atoms with Crippen molar-refractivity contribution in [2.45, 2.75) is 6.92 Å². The summed E-state index contributed by atoms with van der Waals surface area (Å²) in [5.41, 5.74) is 8.07. The second kappa shape index (κ2) is 8.11. The van der Waals surface area contributed by atoms with Crippen molar-refractivity contribution < 1.29 is 18.7 Å². The fraction of sp³-hybridized carbons (Fsp3) is 0.286. The number of morpholine rings is 1. The number of fused-ring (bicyclic) bond motifs is 1. The number of primary amides is 1. The van der Waals surface area contributed by atoms with Gasteiger partial charge in [0.1, 0.15) is 11.6 Å². The summed E-state index contributed by atoms with van der Waals surface area (Å²) in [6.45, 7) is 4.38. The lowest BCUT2D eigenvalue weighted by Crippen LogP contribution is -2.36. The number of nitrogens with two attached hydrogens (primary N) is 1. The molecule has 30 heavy (non-hydrogen) atoms. The van der Waals surface area contributed by atoms with E-state index in [2.05, 4.69) is 20.4 Å². The lowest BCUT2D eigenvalue weighted by atomic mass is 10.1. The molecule has 0 bridgehead atoms. The van der Waals surface area contributed by atoms with E-state index < -0.39 is 11.7 Å². The van der Waals surface area contributed by atoms with Gasteiger partial charge in [0.25, 0.3) is 5.91 Å². The van der Waals surface area contributed by atoms with Crippen LogP contribution in [0.2, 0.25) is 0 Å². The zero-order valence-corrected chi connectivity index (χ0v) is 16.7. The number of carbonyl (C=O) groups excluding carboxylic acids is 1. The fourth-order valence-corrected chi connectivity index (χ4v) is 3.49. The van der Waals surface area contributed by atoms with Crippen LogP contribution in [-0.2, 0) is 4.74 Å². The Morgan fingerprint density at radius 2 is 2.00 bits per heavy atom. The number of amides is 1. The Morgan fingerprint density at radius 3 is 2.67 bits per heavy atom. The molecule has 0 atom stereocenters. The van der Waals surface area contributed by atoms with E-state index in [0.29, 0.717) is 48.6 Å². The molecule has 8 nitrogen and oxygen atoms in total. The van der Waals surface area contributed by atoms with E-state index in [1.54, 1.807) is 32.2 Å². The van der Waals surface area contributed by atoms with Gasteiger partial charge in [-0.15, -0.1) is 10.2 Å². The average molecular weight is 411 g/mol. The van der Waals surface area contributed by atoms with Crippen LogP contribution in [0.15, 0.2) is 30.3 Å². The number of hydrogen-bond donors (Lipinski definition) is 2. The van der Waals surface area contributed by atoms with Crippen LogP contribution in [0.5, 0.6) is 5.75 Å². The van der Waals surface area contributed by atoms with E-state index in [1.807, 2.05) is 6.07 Å². The Hall–Kier alpha value is -3.46. The van der Waals surface area contributed by atoms with E-state index in [1.165, 1.54) is 6.07 Å². The number of aryl methyl sites for hydroxylation is 1. The number of benzene rings is 2. The monoisotopic (exact) mass is 411 g/mol. The van der Waals surface area contributed by atoms with Gasteiger partial charge in [-0.25, -0.2) is 4.39 Å². The highest BCUT2D eigenvalue weighted by atomic mass is 19.1. The molecular weight excluding hydrogens is 389 g/mol. The first-order valence-corrected chi connectivity index (χ1v) is 9.52. The number of nitrogens with zero attached hydrogens (tertiary/aromatic N) is 3. The van der Waals surface area contributed by atoms with Gasteiger partial charge < -0.3 is 25.4 Å². The summed E-state index contributed by atoms with van der Waals surface area (Å²) in [6.07, 6.45) is 0. The minimum absolute atomic E-state index is 0.0689. The highest BCUT2D eigenvalue weighted by Crippen LogP contribution is 2.37. The summed E-state index contributed by atoms with van der Waals surface area (Å²) in [5, 5.41) is 11.7. The molecule has 0 aliphatic carbocycles. The van der Waals surface area contributed by atoms with Gasteiger partial charge >= 0.3 is 0 Å². The van der Waals surface area contributed by atoms with E-state index in [4.69, 9.17) is 15.2 Å². The summed E-state index contributed by atoms with van der Waals surface area (Å²) < 4.78 is 25.5. The lowest BCUT2D eigenvalue weighted by molar-refractivity contribution is 0.0995. The highest BCUT2D eigenvalue weighted by molar-refractivity contribution is 6.07. The van der Waals surface area contributed by atoms with E-state index in [9.17, 15) is 9.18 Å². The first kappa shape index (κ1) is 19.8. The molecule has 9 heteroatoms. The van der Waals surface area contributed by atoms with Crippen molar-refractivity contribution in [3.05, 3.63) is 47.4 Å². The van der Waals surface area contributed by atoms with Crippen molar-refractivity contribution in [2.24, 2.45) is 5.73 Å². The van der Waals surface area contributed by atoms with Crippen molar-refractivity contribution in [3.63, 3.8) is 0 Å². The van der Waals surface area contributed by atoms with Gasteiger partial charge in [0.05, 0.1) is 42.9 Å². The third-order valence-corrected chi connectivity index (χ3v) is 5.03. The van der Waals surface area contributed by atoms with Gasteiger partial charge in [-0.3, -0.25) is 4.79 Å². The Kier molecular flexibility index (Phi) is 5.37. The van der Waals surface area contributed by atoms with Gasteiger partial charge in [-0.2, -0.15) is 0 Å². The molecule has 2 aromatic carbocycles. The van der Waals surface area contributed by atoms with Gasteiger partial charge in [-0.1, -0.05) is 6.07 Å². The van der Waals surface area contributed by atoms with Crippen molar-refractivity contribution in [1.29, 1.82) is 0 Å². The largest absolute Gasteiger partial charge is 0.495 e. The van der Waals surface area contributed by atoms with Crippen molar-refractivity contribution in [2.75, 3.05) is 43.6 Å². The molecule has 0 radical (unpaired) electrons. The van der Waals surface area contributed by atoms with Crippen LogP contribution in [-0.4, -0.2) is 49.5 Å². The number of halogens is 1. The molecule has 1 aliphatic heterocycles. The predicted molar refractivity (Wildman–Crippen MR) is 112 cm³/mol. The maximum atomic E-state index is 14.5. The van der Waals surface area contributed by atoms with Gasteiger partial charge in [0.15, 0.2) is 5.69 Å². The maximum absolute atomic E-state index is 14.5. The first-order chi connectivity index (χ1) is 14.5. The minimum Gasteiger partial charge on any atom is -0.495 e. The topological polar surface area (TPSA) is 103 Å². The average Bonchev–Trinajstić information content (AvgIpc) is 2.75. The minimum atomic E-state index is -0.761. The molecule has 3 aromatic rings. The molecule has 1 aromatic heterocycles. The molecule has 0 unspecified atom stereocenters. The number of methoxy groups -OCH3 is 1. The molecule has 1 aliphatic rings. The van der Waals surface area contributed by atoms with Crippen LogP contribution in [0.4, 0.5) is 21.5 Å². The molecule has 1 fully saturated rings. The Labute approximate surface area is 172 Å². The van der Waals surface area contributed by atoms with Crippen molar-refractivity contribution in [3.8, 4) is 5.75 Å². The first-order valence-electron chi connectivity index (χ1n) is 9.52. The molecule has 4 rings (SSSR count). The van der Waals surface area contributed by atoms with Crippen molar-refractivity contribution in [1.82, 2.24) is 10.2 Å². The summed E-state index contributed by atoms with van der Waals surface area (Å²) in [6, 6.07) is 8.39. The summed E-state index contributed by atoms with van der Waals surface area (Å²) in [5.74, 6) is -0.585. The van der Waals surface area contributed by atoms with Crippen LogP contribution in [0.25, 0.3) is 10.9 Å². The number of aromatic nitrogens is 2. The molecule has 0 spiro atoms. The van der Waals surface area contributed by atoms with Crippen LogP contribution in [0.3, 0.4) is 0 Å². The van der Waals surface area contributed by atoms with Gasteiger partial charge in [0, 0.05) is 24.5 Å². The number of rotatable bonds is 5. The highest BCUT2D eigenvalue weighted by Gasteiger charge is 2.22. The van der Waals surface area contributed by atoms with Gasteiger partial charge in [-0.05, 0) is 30.7 Å². The smallest absolute Gasteiger partial charge is 0.271 e. The predicted octanol–water partition coefficient (Wildman–Crippen LogP) is 2.77. The van der Waals surface area contributed by atoms with E-state index in [0.717, 1.165) is 11.3 Å². The quantitative estimate of drug-likeness (QED) is 0.665. The Morgan fingerprint density at radius 1 is 1.23 bits per heavy atom. The Balaban J connectivity index is 1.90.